The molecule has 20 heavy (non-hydrogen) atoms. The lowest BCUT2D eigenvalue weighted by molar-refractivity contribution is -0.138. The van der Waals surface area contributed by atoms with Crippen molar-refractivity contribution in [3.63, 3.8) is 0 Å². The number of anilines is 1. The Labute approximate surface area is 117 Å². The highest BCUT2D eigenvalue weighted by atomic mass is 16.4. The highest BCUT2D eigenvalue weighted by Crippen LogP contribution is 2.43. The van der Waals surface area contributed by atoms with Gasteiger partial charge in [0, 0.05) is 24.7 Å². The minimum Gasteiger partial charge on any atom is -0.481 e. The zero-order valence-corrected chi connectivity index (χ0v) is 11.2. The first-order valence-electron chi connectivity index (χ1n) is 7.03. The van der Waals surface area contributed by atoms with Gasteiger partial charge >= 0.3 is 5.97 Å². The summed E-state index contributed by atoms with van der Waals surface area (Å²) in [5, 5.41) is 18.2. The molecule has 2 bridgehead atoms. The third kappa shape index (κ3) is 2.22. The van der Waals surface area contributed by atoms with Crippen molar-refractivity contribution >= 4 is 11.7 Å². The van der Waals surface area contributed by atoms with E-state index in [9.17, 15) is 10.1 Å². The number of nitrogens with zero attached hydrogens (tertiary/aromatic N) is 3. The number of carboxylic acid groups (broad SMARTS) is 1. The van der Waals surface area contributed by atoms with E-state index in [-0.39, 0.29) is 12.3 Å². The first-order chi connectivity index (χ1) is 9.69. The number of carbonyl (C=O) groups is 1. The number of piperidine rings is 1. The van der Waals surface area contributed by atoms with E-state index in [2.05, 4.69) is 16.0 Å². The largest absolute Gasteiger partial charge is 0.481 e. The number of aliphatic carboxylic acids is 1. The molecule has 2 unspecified atom stereocenters. The van der Waals surface area contributed by atoms with Crippen molar-refractivity contribution in [3.8, 4) is 6.07 Å². The number of rotatable bonds is 3. The zero-order valence-electron chi connectivity index (χ0n) is 11.2. The van der Waals surface area contributed by atoms with Crippen LogP contribution in [0.3, 0.4) is 0 Å². The summed E-state index contributed by atoms with van der Waals surface area (Å²) in [7, 11) is 0. The first-order valence-corrected chi connectivity index (χ1v) is 7.03. The number of carboxylic acids is 1. The van der Waals surface area contributed by atoms with Crippen LogP contribution in [0.15, 0.2) is 18.5 Å². The number of hydrogen-bond donors (Lipinski definition) is 1. The van der Waals surface area contributed by atoms with Crippen LogP contribution in [-0.4, -0.2) is 28.1 Å². The molecule has 104 valence electrons. The van der Waals surface area contributed by atoms with Crippen LogP contribution in [0.25, 0.3) is 0 Å². The van der Waals surface area contributed by atoms with Crippen molar-refractivity contribution in [3.05, 3.63) is 24.0 Å². The molecular formula is C15H17N3O2. The predicted molar refractivity (Wildman–Crippen MR) is 73.2 cm³/mol. The number of nitriles is 1. The van der Waals surface area contributed by atoms with Crippen LogP contribution in [0, 0.1) is 17.2 Å². The van der Waals surface area contributed by atoms with E-state index in [1.165, 1.54) is 0 Å². The Hall–Kier alpha value is -2.09. The average molecular weight is 271 g/mol. The van der Waals surface area contributed by atoms with Crippen molar-refractivity contribution in [2.24, 2.45) is 5.92 Å². The summed E-state index contributed by atoms with van der Waals surface area (Å²) in [6.07, 6.45) is 7.65. The Balaban J connectivity index is 1.84. The van der Waals surface area contributed by atoms with Gasteiger partial charge < -0.3 is 10.0 Å². The van der Waals surface area contributed by atoms with Crippen molar-refractivity contribution in [2.75, 3.05) is 4.90 Å². The molecule has 1 N–H and O–H groups in total. The lowest BCUT2D eigenvalue weighted by Crippen LogP contribution is -2.43. The maximum atomic E-state index is 10.9. The van der Waals surface area contributed by atoms with Crippen molar-refractivity contribution in [1.82, 2.24) is 4.98 Å². The van der Waals surface area contributed by atoms with Crippen LogP contribution in [-0.2, 0) is 4.79 Å². The third-order valence-corrected chi connectivity index (χ3v) is 4.49. The molecule has 2 aliphatic rings. The molecule has 0 aliphatic carbocycles. The summed E-state index contributed by atoms with van der Waals surface area (Å²) < 4.78 is 0. The monoisotopic (exact) mass is 271 g/mol. The van der Waals surface area contributed by atoms with Crippen LogP contribution >= 0.6 is 0 Å². The molecule has 2 aliphatic heterocycles. The smallest absolute Gasteiger partial charge is 0.303 e. The highest BCUT2D eigenvalue weighted by molar-refractivity contribution is 5.67. The summed E-state index contributed by atoms with van der Waals surface area (Å²) in [5.74, 6) is -0.439. The van der Waals surface area contributed by atoms with Crippen LogP contribution in [0.5, 0.6) is 0 Å². The van der Waals surface area contributed by atoms with E-state index >= 15 is 0 Å². The molecule has 2 fully saturated rings. The van der Waals surface area contributed by atoms with Crippen LogP contribution in [0.4, 0.5) is 5.69 Å². The Bertz CT molecular complexity index is 552. The fourth-order valence-corrected chi connectivity index (χ4v) is 3.78. The van der Waals surface area contributed by atoms with Gasteiger partial charge in [0.2, 0.25) is 0 Å². The molecule has 5 nitrogen and oxygen atoms in total. The molecule has 0 amide bonds. The van der Waals surface area contributed by atoms with Gasteiger partial charge in [-0.25, -0.2) is 0 Å². The quantitative estimate of drug-likeness (QED) is 0.911. The van der Waals surface area contributed by atoms with E-state index in [4.69, 9.17) is 5.11 Å². The van der Waals surface area contributed by atoms with Gasteiger partial charge in [-0.3, -0.25) is 9.78 Å². The van der Waals surface area contributed by atoms with E-state index in [1.54, 1.807) is 18.5 Å². The first kappa shape index (κ1) is 12.9. The average Bonchev–Trinajstić information content (AvgIpc) is 2.69. The molecule has 3 heterocycles. The minimum atomic E-state index is -0.707. The maximum absolute atomic E-state index is 10.9. The van der Waals surface area contributed by atoms with E-state index in [1.807, 2.05) is 0 Å². The normalized spacial score (nSPS) is 28.1. The number of aromatic nitrogens is 1. The van der Waals surface area contributed by atoms with Gasteiger partial charge in [-0.2, -0.15) is 5.26 Å². The number of fused-ring (bicyclic) bond motifs is 2. The summed E-state index contributed by atoms with van der Waals surface area (Å²) in [4.78, 5) is 17.3. The second kappa shape index (κ2) is 5.12. The summed E-state index contributed by atoms with van der Waals surface area (Å²) in [6, 6.07) is 4.69. The predicted octanol–water partition coefficient (Wildman–Crippen LogP) is 2.18. The maximum Gasteiger partial charge on any atom is 0.303 e. The SMILES string of the molecule is N#Cc1ccncc1N1C2CCC1CC(CC(=O)O)C2. The van der Waals surface area contributed by atoms with Gasteiger partial charge in [-0.15, -0.1) is 0 Å². The molecule has 5 heteroatoms. The van der Waals surface area contributed by atoms with E-state index in [0.29, 0.717) is 17.6 Å². The van der Waals surface area contributed by atoms with E-state index < -0.39 is 5.97 Å². The Kier molecular flexibility index (Phi) is 3.31. The van der Waals surface area contributed by atoms with Gasteiger partial charge in [-0.05, 0) is 37.7 Å². The Morgan fingerprint density at radius 1 is 1.45 bits per heavy atom. The van der Waals surface area contributed by atoms with Gasteiger partial charge in [0.25, 0.3) is 0 Å². The second-order valence-electron chi connectivity index (χ2n) is 5.73. The molecule has 0 saturated carbocycles. The van der Waals surface area contributed by atoms with Gasteiger partial charge in [0.1, 0.15) is 6.07 Å². The van der Waals surface area contributed by atoms with Gasteiger partial charge in [0.15, 0.2) is 0 Å². The third-order valence-electron chi connectivity index (χ3n) is 4.49. The fourth-order valence-electron chi connectivity index (χ4n) is 3.78. The van der Waals surface area contributed by atoms with Crippen molar-refractivity contribution < 1.29 is 9.90 Å². The standard InChI is InChI=1S/C15H17N3O2/c16-8-11-3-4-17-9-14(11)18-12-1-2-13(18)6-10(5-12)7-15(19)20/h3-4,9-10,12-13H,1-2,5-7H2,(H,19,20). The van der Waals surface area contributed by atoms with E-state index in [0.717, 1.165) is 31.4 Å². The number of pyridine rings is 1. The van der Waals surface area contributed by atoms with Crippen molar-refractivity contribution in [1.29, 1.82) is 5.26 Å². The van der Waals surface area contributed by atoms with Gasteiger partial charge in [-0.1, -0.05) is 0 Å². The van der Waals surface area contributed by atoms with Crippen LogP contribution in [0.1, 0.15) is 37.7 Å². The van der Waals surface area contributed by atoms with Gasteiger partial charge in [0.05, 0.1) is 17.4 Å². The van der Waals surface area contributed by atoms with Crippen LogP contribution in [0.2, 0.25) is 0 Å². The molecule has 3 rings (SSSR count). The Morgan fingerprint density at radius 2 is 2.15 bits per heavy atom. The number of hydrogen-bond acceptors (Lipinski definition) is 4. The minimum absolute atomic E-state index is 0.263. The second-order valence-corrected chi connectivity index (χ2v) is 5.73. The molecule has 1 aromatic rings. The molecular weight excluding hydrogens is 254 g/mol. The molecule has 2 saturated heterocycles. The lowest BCUT2D eigenvalue weighted by Gasteiger charge is -2.40. The molecule has 0 radical (unpaired) electrons. The summed E-state index contributed by atoms with van der Waals surface area (Å²) in [6.45, 7) is 0. The van der Waals surface area contributed by atoms with Crippen molar-refractivity contribution in [2.45, 2.75) is 44.2 Å². The lowest BCUT2D eigenvalue weighted by atomic mass is 9.87. The highest BCUT2D eigenvalue weighted by Gasteiger charge is 2.41. The summed E-state index contributed by atoms with van der Waals surface area (Å²) >= 11 is 0. The Morgan fingerprint density at radius 3 is 2.75 bits per heavy atom. The molecule has 0 aromatic carbocycles. The topological polar surface area (TPSA) is 77.2 Å². The molecule has 0 spiro atoms. The summed E-state index contributed by atoms with van der Waals surface area (Å²) in [5.41, 5.74) is 1.57. The van der Waals surface area contributed by atoms with Crippen LogP contribution < -0.4 is 4.90 Å². The molecule has 1 aromatic heterocycles. The fraction of sp³-hybridized carbons (Fsp3) is 0.533. The zero-order chi connectivity index (χ0) is 14.1. The molecule has 2 atom stereocenters.